The SMILES string of the molecule is O=c1[nH]c(-c2cccs2)nc2c1CN(Cc1nc(-c3ccc(Cl)cc3)no1)CC2. The van der Waals surface area contributed by atoms with E-state index < -0.39 is 0 Å². The summed E-state index contributed by atoms with van der Waals surface area (Å²) in [6.45, 7) is 1.75. The highest BCUT2D eigenvalue weighted by molar-refractivity contribution is 7.13. The van der Waals surface area contributed by atoms with Crippen LogP contribution < -0.4 is 5.56 Å². The van der Waals surface area contributed by atoms with Gasteiger partial charge in [0.15, 0.2) is 5.82 Å². The minimum atomic E-state index is -0.0875. The number of nitrogens with zero attached hydrogens (tertiary/aromatic N) is 4. The minimum absolute atomic E-state index is 0.0875. The van der Waals surface area contributed by atoms with Crippen LogP contribution in [0.5, 0.6) is 0 Å². The fraction of sp³-hybridized carbons (Fsp3) is 0.200. The van der Waals surface area contributed by atoms with Crippen LogP contribution >= 0.6 is 22.9 Å². The van der Waals surface area contributed by atoms with Crippen molar-refractivity contribution in [1.82, 2.24) is 25.0 Å². The first-order valence-corrected chi connectivity index (χ1v) is 10.4. The van der Waals surface area contributed by atoms with E-state index in [2.05, 4.69) is 25.0 Å². The summed E-state index contributed by atoms with van der Waals surface area (Å²) < 4.78 is 5.40. The van der Waals surface area contributed by atoms with Crippen LogP contribution in [-0.4, -0.2) is 31.6 Å². The molecule has 4 heterocycles. The van der Waals surface area contributed by atoms with Crippen LogP contribution in [0.2, 0.25) is 5.02 Å². The Morgan fingerprint density at radius 2 is 2.07 bits per heavy atom. The molecule has 1 N–H and O–H groups in total. The maximum absolute atomic E-state index is 12.6. The molecular weight excluding hydrogens is 410 g/mol. The summed E-state index contributed by atoms with van der Waals surface area (Å²) >= 11 is 7.48. The van der Waals surface area contributed by atoms with E-state index >= 15 is 0 Å². The highest BCUT2D eigenvalue weighted by Gasteiger charge is 2.23. The van der Waals surface area contributed by atoms with Crippen LogP contribution in [0, 0.1) is 0 Å². The lowest BCUT2D eigenvalue weighted by molar-refractivity contribution is 0.208. The Morgan fingerprint density at radius 3 is 2.86 bits per heavy atom. The van der Waals surface area contributed by atoms with Gasteiger partial charge in [-0.15, -0.1) is 11.3 Å². The molecule has 1 aliphatic heterocycles. The minimum Gasteiger partial charge on any atom is -0.338 e. The van der Waals surface area contributed by atoms with Gasteiger partial charge in [0.05, 0.1) is 22.7 Å². The van der Waals surface area contributed by atoms with E-state index in [1.165, 1.54) is 0 Å². The number of aromatic amines is 1. The summed E-state index contributed by atoms with van der Waals surface area (Å²) in [7, 11) is 0. The van der Waals surface area contributed by atoms with Crippen molar-refractivity contribution >= 4 is 22.9 Å². The Hall–Kier alpha value is -2.81. The number of thiophene rings is 1. The third kappa shape index (κ3) is 3.74. The average molecular weight is 426 g/mol. The van der Waals surface area contributed by atoms with Crippen LogP contribution in [0.25, 0.3) is 22.1 Å². The van der Waals surface area contributed by atoms with Crippen LogP contribution in [-0.2, 0) is 19.5 Å². The predicted molar refractivity (Wildman–Crippen MR) is 111 cm³/mol. The van der Waals surface area contributed by atoms with Gasteiger partial charge in [0.25, 0.3) is 5.56 Å². The number of halogens is 1. The zero-order valence-corrected chi connectivity index (χ0v) is 16.8. The molecule has 0 saturated heterocycles. The molecule has 0 saturated carbocycles. The fourth-order valence-corrected chi connectivity index (χ4v) is 4.17. The summed E-state index contributed by atoms with van der Waals surface area (Å²) in [4.78, 5) is 27.7. The van der Waals surface area contributed by atoms with Crippen molar-refractivity contribution < 1.29 is 4.52 Å². The van der Waals surface area contributed by atoms with Gasteiger partial charge in [-0.1, -0.05) is 22.8 Å². The van der Waals surface area contributed by atoms with Crippen molar-refractivity contribution in [3.8, 4) is 22.1 Å². The Balaban J connectivity index is 1.33. The number of fused-ring (bicyclic) bond motifs is 1. The van der Waals surface area contributed by atoms with Crippen molar-refractivity contribution in [3.63, 3.8) is 0 Å². The van der Waals surface area contributed by atoms with Gasteiger partial charge in [0, 0.05) is 30.1 Å². The second-order valence-electron chi connectivity index (χ2n) is 6.80. The third-order valence-corrected chi connectivity index (χ3v) is 5.96. The molecule has 9 heteroatoms. The molecule has 3 aromatic heterocycles. The molecule has 5 rings (SSSR count). The first-order chi connectivity index (χ1) is 14.2. The van der Waals surface area contributed by atoms with E-state index in [4.69, 9.17) is 16.1 Å². The summed E-state index contributed by atoms with van der Waals surface area (Å²) in [5.74, 6) is 1.67. The second-order valence-corrected chi connectivity index (χ2v) is 8.18. The molecular formula is C20H16ClN5O2S. The first-order valence-electron chi connectivity index (χ1n) is 9.12. The topological polar surface area (TPSA) is 87.9 Å². The number of hydrogen-bond donors (Lipinski definition) is 1. The third-order valence-electron chi connectivity index (χ3n) is 4.83. The standard InChI is InChI=1S/C20H16ClN5O2S/c21-13-5-3-12(4-6-13)18-23-17(28-25-18)11-26-8-7-15-14(10-26)20(27)24-19(22-15)16-2-1-9-29-16/h1-6,9H,7-8,10-11H2,(H,22,24,27). The van der Waals surface area contributed by atoms with Gasteiger partial charge < -0.3 is 9.51 Å². The maximum atomic E-state index is 12.6. The molecule has 4 aromatic rings. The monoisotopic (exact) mass is 425 g/mol. The molecule has 7 nitrogen and oxygen atoms in total. The van der Waals surface area contributed by atoms with Gasteiger partial charge in [-0.05, 0) is 35.7 Å². The van der Waals surface area contributed by atoms with E-state index in [1.807, 2.05) is 29.6 Å². The molecule has 0 unspecified atom stereocenters. The van der Waals surface area contributed by atoms with Gasteiger partial charge >= 0.3 is 0 Å². The molecule has 0 amide bonds. The molecule has 0 radical (unpaired) electrons. The molecule has 29 heavy (non-hydrogen) atoms. The summed E-state index contributed by atoms with van der Waals surface area (Å²) in [6.07, 6.45) is 0.704. The van der Waals surface area contributed by atoms with E-state index in [9.17, 15) is 4.79 Å². The lowest BCUT2D eigenvalue weighted by Gasteiger charge is -2.26. The number of benzene rings is 1. The number of aromatic nitrogens is 4. The van der Waals surface area contributed by atoms with E-state index in [-0.39, 0.29) is 5.56 Å². The van der Waals surface area contributed by atoms with Gasteiger partial charge in [-0.2, -0.15) is 4.98 Å². The number of H-pyrrole nitrogens is 1. The van der Waals surface area contributed by atoms with Crippen LogP contribution in [0.3, 0.4) is 0 Å². The predicted octanol–water partition coefficient (Wildman–Crippen LogP) is 3.76. The Bertz CT molecular complexity index is 1200. The lowest BCUT2D eigenvalue weighted by Crippen LogP contribution is -2.35. The molecule has 1 aliphatic rings. The molecule has 0 aliphatic carbocycles. The summed E-state index contributed by atoms with van der Waals surface area (Å²) in [5.41, 5.74) is 2.32. The Kier molecular flexibility index (Phi) is 4.75. The normalized spacial score (nSPS) is 14.1. The van der Waals surface area contributed by atoms with Crippen molar-refractivity contribution in [2.24, 2.45) is 0 Å². The van der Waals surface area contributed by atoms with Crippen molar-refractivity contribution in [1.29, 1.82) is 0 Å². The summed E-state index contributed by atoms with van der Waals surface area (Å²) in [6, 6.07) is 11.2. The van der Waals surface area contributed by atoms with Crippen LogP contribution in [0.1, 0.15) is 17.1 Å². The van der Waals surface area contributed by atoms with E-state index in [0.717, 1.165) is 22.7 Å². The zero-order chi connectivity index (χ0) is 19.8. The Morgan fingerprint density at radius 1 is 1.21 bits per heavy atom. The molecule has 0 fully saturated rings. The second kappa shape index (κ2) is 7.55. The lowest BCUT2D eigenvalue weighted by atomic mass is 10.1. The van der Waals surface area contributed by atoms with E-state index in [0.29, 0.717) is 47.6 Å². The fourth-order valence-electron chi connectivity index (χ4n) is 3.37. The van der Waals surface area contributed by atoms with Crippen LogP contribution in [0.15, 0.2) is 51.1 Å². The van der Waals surface area contributed by atoms with Gasteiger partial charge in [0.2, 0.25) is 11.7 Å². The first kappa shape index (κ1) is 18.2. The molecule has 0 bridgehead atoms. The molecule has 0 spiro atoms. The molecule has 146 valence electrons. The van der Waals surface area contributed by atoms with Gasteiger partial charge in [-0.3, -0.25) is 9.69 Å². The van der Waals surface area contributed by atoms with Crippen LogP contribution in [0.4, 0.5) is 0 Å². The van der Waals surface area contributed by atoms with Crippen molar-refractivity contribution in [2.75, 3.05) is 6.54 Å². The largest absolute Gasteiger partial charge is 0.338 e. The van der Waals surface area contributed by atoms with Crippen molar-refractivity contribution in [2.45, 2.75) is 19.5 Å². The molecule has 1 aromatic carbocycles. The Labute approximate surface area is 175 Å². The zero-order valence-electron chi connectivity index (χ0n) is 15.3. The highest BCUT2D eigenvalue weighted by Crippen LogP contribution is 2.23. The number of rotatable bonds is 4. The van der Waals surface area contributed by atoms with Gasteiger partial charge in [-0.25, -0.2) is 4.98 Å². The van der Waals surface area contributed by atoms with E-state index in [1.54, 1.807) is 23.5 Å². The maximum Gasteiger partial charge on any atom is 0.255 e. The summed E-state index contributed by atoms with van der Waals surface area (Å²) in [5, 5.41) is 6.68. The molecule has 0 atom stereocenters. The smallest absolute Gasteiger partial charge is 0.255 e. The highest BCUT2D eigenvalue weighted by atomic mass is 35.5. The quantitative estimate of drug-likeness (QED) is 0.535. The van der Waals surface area contributed by atoms with Crippen molar-refractivity contribution in [3.05, 3.63) is 74.3 Å². The number of hydrogen-bond acceptors (Lipinski definition) is 7. The average Bonchev–Trinajstić information content (AvgIpc) is 3.41. The van der Waals surface area contributed by atoms with Gasteiger partial charge in [0.1, 0.15) is 0 Å². The number of nitrogens with one attached hydrogen (secondary N) is 1.